The van der Waals surface area contributed by atoms with Crippen LogP contribution in [0.4, 0.5) is 0 Å². The average molecular weight is 500 g/mol. The third-order valence-electron chi connectivity index (χ3n) is 2.69. The third-order valence-corrected chi connectivity index (χ3v) is 3.79. The first-order valence-corrected chi connectivity index (χ1v) is 7.71. The summed E-state index contributed by atoms with van der Waals surface area (Å²) in [6.45, 7) is 6.82. The van der Waals surface area contributed by atoms with Gasteiger partial charge in [-0.05, 0) is 22.6 Å². The van der Waals surface area contributed by atoms with Crippen LogP contribution in [0, 0.1) is 13.0 Å². The zero-order valence-electron chi connectivity index (χ0n) is 13.0. The molecule has 121 valence electrons. The van der Waals surface area contributed by atoms with E-state index in [9.17, 15) is 4.79 Å². The molecular weight excluding hydrogens is 482 g/mol. The van der Waals surface area contributed by atoms with Crippen LogP contribution in [0.3, 0.4) is 0 Å². The molecule has 0 atom stereocenters. The van der Waals surface area contributed by atoms with Crippen molar-refractivity contribution < 1.29 is 24.9 Å². The number of fused-ring (bicyclic) bond motifs is 1. The molecular formula is C19H17IrNOS-2. The Labute approximate surface area is 154 Å². The standard InChI is InChI=1S/C13H8NS.C6H9O.Ir/c1-2-7-12-10(5-1)9-13(15-12)11-6-3-4-8-14-11;1-5(2)4-6(3)7;/h1-8H;4H,1H2,2-3H3;/q2*-1;/b;5-4+;. The van der Waals surface area contributed by atoms with E-state index in [1.54, 1.807) is 18.3 Å². The Morgan fingerprint density at radius 1 is 1.17 bits per heavy atom. The first kappa shape index (κ1) is 19.3. The number of aromatic nitrogens is 1. The molecule has 1 radical (unpaired) electrons. The molecule has 0 N–H and O–H groups in total. The number of nitrogens with zero attached hydrogens (tertiary/aromatic N) is 1. The number of hydrogen-bond donors (Lipinski definition) is 0. The zero-order chi connectivity index (χ0) is 15.9. The maximum absolute atomic E-state index is 10.1. The van der Waals surface area contributed by atoms with Crippen molar-refractivity contribution in [2.45, 2.75) is 13.8 Å². The van der Waals surface area contributed by atoms with Crippen molar-refractivity contribution in [3.05, 3.63) is 73.3 Å². The Hall–Kier alpha value is -1.74. The van der Waals surface area contributed by atoms with E-state index in [1.807, 2.05) is 30.5 Å². The zero-order valence-corrected chi connectivity index (χ0v) is 16.2. The van der Waals surface area contributed by atoms with Crippen molar-refractivity contribution in [3.63, 3.8) is 0 Å². The molecule has 0 spiro atoms. The number of benzene rings is 1. The Kier molecular flexibility index (Phi) is 7.90. The number of hydrogen-bond acceptors (Lipinski definition) is 3. The molecule has 0 unspecified atom stereocenters. The fraction of sp³-hybridized carbons (Fsp3) is 0.105. The molecule has 2 heterocycles. The van der Waals surface area contributed by atoms with Gasteiger partial charge in [-0.15, -0.1) is 23.6 Å². The van der Waals surface area contributed by atoms with E-state index in [4.69, 9.17) is 0 Å². The van der Waals surface area contributed by atoms with Gasteiger partial charge in [0.15, 0.2) is 0 Å². The summed E-state index contributed by atoms with van der Waals surface area (Å²) >= 11 is 1.73. The second-order valence-corrected chi connectivity index (χ2v) is 5.92. The number of carbonyl (C=O) groups excluding carboxylic acids is 1. The molecule has 0 aliphatic carbocycles. The molecule has 0 aliphatic heterocycles. The normalized spacial score (nSPS) is 10.4. The fourth-order valence-corrected chi connectivity index (χ4v) is 2.86. The van der Waals surface area contributed by atoms with Gasteiger partial charge in [-0.25, -0.2) is 23.8 Å². The number of allylic oxidation sites excluding steroid dienone is 2. The molecule has 0 fully saturated rings. The minimum absolute atomic E-state index is 0. The Morgan fingerprint density at radius 2 is 1.87 bits per heavy atom. The molecule has 0 saturated heterocycles. The van der Waals surface area contributed by atoms with Gasteiger partial charge in [0.05, 0.1) is 5.78 Å². The Balaban J connectivity index is 0.000000287. The van der Waals surface area contributed by atoms with E-state index in [1.165, 1.54) is 23.1 Å². The van der Waals surface area contributed by atoms with Crippen LogP contribution < -0.4 is 0 Å². The second-order valence-electron chi connectivity index (χ2n) is 4.87. The van der Waals surface area contributed by atoms with Crippen LogP contribution >= 0.6 is 11.3 Å². The summed E-state index contributed by atoms with van der Waals surface area (Å²) in [4.78, 5) is 15.6. The van der Waals surface area contributed by atoms with Crippen molar-refractivity contribution >= 4 is 27.2 Å². The van der Waals surface area contributed by atoms with Gasteiger partial charge in [0.25, 0.3) is 0 Å². The molecule has 4 heteroatoms. The van der Waals surface area contributed by atoms with Crippen LogP contribution in [0.1, 0.15) is 13.8 Å². The summed E-state index contributed by atoms with van der Waals surface area (Å²) in [5.74, 6) is 0.0625. The Bertz CT molecular complexity index is 756. The third kappa shape index (κ3) is 6.11. The predicted octanol–water partition coefficient (Wildman–Crippen LogP) is 5.12. The van der Waals surface area contributed by atoms with E-state index in [-0.39, 0.29) is 25.9 Å². The van der Waals surface area contributed by atoms with Gasteiger partial charge in [-0.3, -0.25) is 0 Å². The van der Waals surface area contributed by atoms with E-state index in [0.29, 0.717) is 0 Å². The van der Waals surface area contributed by atoms with E-state index in [0.717, 1.165) is 16.1 Å². The van der Waals surface area contributed by atoms with Gasteiger partial charge in [0, 0.05) is 32.0 Å². The number of thiophene rings is 1. The minimum atomic E-state index is 0. The number of pyridine rings is 1. The number of rotatable bonds is 2. The maximum atomic E-state index is 10.1. The second kappa shape index (κ2) is 9.41. The largest absolute Gasteiger partial charge is 0.316 e. The minimum Gasteiger partial charge on any atom is -0.316 e. The molecule has 0 saturated carbocycles. The van der Waals surface area contributed by atoms with E-state index >= 15 is 0 Å². The molecule has 0 bridgehead atoms. The molecule has 0 amide bonds. The van der Waals surface area contributed by atoms with Gasteiger partial charge in [-0.2, -0.15) is 6.08 Å². The van der Waals surface area contributed by atoms with Gasteiger partial charge in [0.1, 0.15) is 0 Å². The van der Waals surface area contributed by atoms with Crippen molar-refractivity contribution in [2.75, 3.05) is 0 Å². The molecule has 1 aromatic carbocycles. The van der Waals surface area contributed by atoms with Crippen molar-refractivity contribution in [2.24, 2.45) is 0 Å². The smallest absolute Gasteiger partial charge is 0.0735 e. The maximum Gasteiger partial charge on any atom is 0.0735 e. The van der Waals surface area contributed by atoms with Crippen LogP contribution in [-0.2, 0) is 24.9 Å². The molecule has 3 rings (SSSR count). The van der Waals surface area contributed by atoms with E-state index < -0.39 is 0 Å². The summed E-state index contributed by atoms with van der Waals surface area (Å²) < 4.78 is 1.26. The predicted molar refractivity (Wildman–Crippen MR) is 93.7 cm³/mol. The van der Waals surface area contributed by atoms with Gasteiger partial charge < -0.3 is 9.78 Å². The fourth-order valence-electron chi connectivity index (χ4n) is 1.88. The summed E-state index contributed by atoms with van der Waals surface area (Å²) in [5.41, 5.74) is 1.81. The van der Waals surface area contributed by atoms with Crippen molar-refractivity contribution in [1.29, 1.82) is 0 Å². The van der Waals surface area contributed by atoms with Crippen molar-refractivity contribution in [1.82, 2.24) is 4.98 Å². The van der Waals surface area contributed by atoms with Crippen LogP contribution in [0.2, 0.25) is 0 Å². The molecule has 23 heavy (non-hydrogen) atoms. The Morgan fingerprint density at radius 3 is 2.39 bits per heavy atom. The summed E-state index contributed by atoms with van der Waals surface area (Å²) in [6.07, 6.45) is 3.31. The number of ketones is 1. The van der Waals surface area contributed by atoms with Gasteiger partial charge in [-0.1, -0.05) is 31.2 Å². The summed E-state index contributed by atoms with van der Waals surface area (Å²) in [5, 5.41) is 1.17. The topological polar surface area (TPSA) is 30.0 Å². The van der Waals surface area contributed by atoms with Crippen LogP contribution in [0.15, 0.2) is 60.3 Å². The van der Waals surface area contributed by atoms with Crippen molar-refractivity contribution in [3.8, 4) is 10.6 Å². The monoisotopic (exact) mass is 500 g/mol. The van der Waals surface area contributed by atoms with E-state index in [2.05, 4.69) is 36.2 Å². The molecule has 2 nitrogen and oxygen atoms in total. The summed E-state index contributed by atoms with van der Waals surface area (Å²) in [7, 11) is 0. The average Bonchev–Trinajstić information content (AvgIpc) is 2.91. The van der Waals surface area contributed by atoms with Gasteiger partial charge in [0.2, 0.25) is 0 Å². The SMILES string of the molecule is [CH2-]/C(C)=C\C(C)=O.[Ir].[c-]1c(-c2ccccn2)sc2ccccc12. The number of carbonyl (C=O) groups is 1. The van der Waals surface area contributed by atoms with Crippen LogP contribution in [-0.4, -0.2) is 10.8 Å². The molecule has 0 aliphatic rings. The molecule has 2 aromatic heterocycles. The molecule has 3 aromatic rings. The van der Waals surface area contributed by atoms with Crippen LogP contribution in [0.5, 0.6) is 0 Å². The van der Waals surface area contributed by atoms with Gasteiger partial charge >= 0.3 is 0 Å². The first-order chi connectivity index (χ1) is 10.6. The quantitative estimate of drug-likeness (QED) is 0.362. The van der Waals surface area contributed by atoms with Crippen LogP contribution in [0.25, 0.3) is 20.7 Å². The first-order valence-electron chi connectivity index (χ1n) is 6.89. The summed E-state index contributed by atoms with van der Waals surface area (Å²) in [6, 6.07) is 17.6.